The second-order valence-corrected chi connectivity index (χ2v) is 6.02. The molecule has 0 saturated heterocycles. The summed E-state index contributed by atoms with van der Waals surface area (Å²) in [5.41, 5.74) is 4.68. The fourth-order valence-corrected chi connectivity index (χ4v) is 3.17. The minimum absolute atomic E-state index is 0.458. The van der Waals surface area contributed by atoms with E-state index >= 15 is 0 Å². The monoisotopic (exact) mass is 290 g/mol. The lowest BCUT2D eigenvalue weighted by atomic mass is 10.0. The van der Waals surface area contributed by atoms with Crippen molar-refractivity contribution in [3.05, 3.63) is 47.1 Å². The zero-order valence-electron chi connectivity index (χ0n) is 10.9. The van der Waals surface area contributed by atoms with Gasteiger partial charge in [0.2, 0.25) is 0 Å². The van der Waals surface area contributed by atoms with Crippen molar-refractivity contribution in [1.29, 1.82) is 0 Å². The van der Waals surface area contributed by atoms with Crippen molar-refractivity contribution >= 4 is 27.9 Å². The van der Waals surface area contributed by atoms with Crippen LogP contribution in [0.5, 0.6) is 0 Å². The number of fused-ring (bicyclic) bond motifs is 1. The van der Waals surface area contributed by atoms with Crippen LogP contribution < -0.4 is 0 Å². The largest absolute Gasteiger partial charge is 0.290 e. The number of halogens is 1. The molecule has 0 atom stereocenters. The zero-order chi connectivity index (χ0) is 13.4. The maximum Gasteiger partial charge on any atom is 0.194 e. The van der Waals surface area contributed by atoms with Crippen molar-refractivity contribution in [2.24, 2.45) is 0 Å². The van der Waals surface area contributed by atoms with Gasteiger partial charge in [0.05, 0.1) is 17.3 Å². The predicted molar refractivity (Wildman–Crippen MR) is 82.2 cm³/mol. The van der Waals surface area contributed by atoms with Gasteiger partial charge in [0.1, 0.15) is 0 Å². The van der Waals surface area contributed by atoms with E-state index in [1.54, 1.807) is 11.3 Å². The molecule has 0 N–H and O–H groups in total. The predicted octanol–water partition coefficient (Wildman–Crippen LogP) is 4.93. The first-order valence-electron chi connectivity index (χ1n) is 6.31. The van der Waals surface area contributed by atoms with Gasteiger partial charge in [-0.25, -0.2) is 4.98 Å². The van der Waals surface area contributed by atoms with Crippen molar-refractivity contribution in [2.75, 3.05) is 0 Å². The summed E-state index contributed by atoms with van der Waals surface area (Å²) < 4.78 is 2.12. The number of rotatable bonds is 3. The van der Waals surface area contributed by atoms with Gasteiger partial charge in [-0.1, -0.05) is 38.1 Å². The lowest BCUT2D eigenvalue weighted by molar-refractivity contribution is 0.867. The van der Waals surface area contributed by atoms with E-state index in [1.807, 2.05) is 6.20 Å². The second-order valence-electron chi connectivity index (χ2n) is 4.92. The highest BCUT2D eigenvalue weighted by molar-refractivity contribution is 7.15. The van der Waals surface area contributed by atoms with Gasteiger partial charge in [-0.2, -0.15) is 0 Å². The number of alkyl halides is 1. The van der Waals surface area contributed by atoms with E-state index in [-0.39, 0.29) is 0 Å². The van der Waals surface area contributed by atoms with Gasteiger partial charge < -0.3 is 0 Å². The molecule has 0 aliphatic carbocycles. The maximum atomic E-state index is 5.84. The Morgan fingerprint density at radius 3 is 2.63 bits per heavy atom. The van der Waals surface area contributed by atoms with Crippen LogP contribution in [0.1, 0.15) is 31.0 Å². The number of thiazole rings is 1. The van der Waals surface area contributed by atoms with Crippen LogP contribution >= 0.6 is 22.9 Å². The lowest BCUT2D eigenvalue weighted by Gasteiger charge is -2.06. The Kier molecular flexibility index (Phi) is 3.33. The topological polar surface area (TPSA) is 17.3 Å². The summed E-state index contributed by atoms with van der Waals surface area (Å²) >= 11 is 7.49. The number of hydrogen-bond donors (Lipinski definition) is 0. The number of aromatic nitrogens is 2. The van der Waals surface area contributed by atoms with Gasteiger partial charge in [0.15, 0.2) is 4.96 Å². The van der Waals surface area contributed by atoms with Crippen LogP contribution in [-0.4, -0.2) is 9.38 Å². The van der Waals surface area contributed by atoms with E-state index in [2.05, 4.69) is 52.9 Å². The highest BCUT2D eigenvalue weighted by Crippen LogP contribution is 2.28. The number of nitrogens with zero attached hydrogens (tertiary/aromatic N) is 2. The van der Waals surface area contributed by atoms with Crippen molar-refractivity contribution in [1.82, 2.24) is 9.38 Å². The normalized spacial score (nSPS) is 11.6. The first-order valence-corrected chi connectivity index (χ1v) is 7.72. The maximum absolute atomic E-state index is 5.84. The molecule has 0 bridgehead atoms. The van der Waals surface area contributed by atoms with Gasteiger partial charge in [0.25, 0.3) is 0 Å². The molecule has 4 heteroatoms. The van der Waals surface area contributed by atoms with Crippen LogP contribution in [0, 0.1) is 0 Å². The molecule has 0 unspecified atom stereocenters. The summed E-state index contributed by atoms with van der Waals surface area (Å²) in [6, 6.07) is 8.75. The highest BCUT2D eigenvalue weighted by atomic mass is 35.5. The van der Waals surface area contributed by atoms with Gasteiger partial charge in [-0.3, -0.25) is 4.40 Å². The Balaban J connectivity index is 2.05. The van der Waals surface area contributed by atoms with E-state index in [0.717, 1.165) is 10.7 Å². The summed E-state index contributed by atoms with van der Waals surface area (Å²) in [5.74, 6) is 1.02. The lowest BCUT2D eigenvalue weighted by Crippen LogP contribution is -1.88. The van der Waals surface area contributed by atoms with Crippen molar-refractivity contribution in [3.8, 4) is 11.3 Å². The molecule has 0 radical (unpaired) electrons. The first kappa shape index (κ1) is 12.7. The van der Waals surface area contributed by atoms with E-state index in [9.17, 15) is 0 Å². The Bertz CT molecular complexity index is 695. The molecule has 1 aromatic carbocycles. The molecule has 0 saturated carbocycles. The van der Waals surface area contributed by atoms with Crippen LogP contribution in [0.3, 0.4) is 0 Å². The smallest absolute Gasteiger partial charge is 0.194 e. The molecule has 19 heavy (non-hydrogen) atoms. The average molecular weight is 291 g/mol. The van der Waals surface area contributed by atoms with Crippen molar-refractivity contribution in [2.45, 2.75) is 25.6 Å². The van der Waals surface area contributed by atoms with Crippen molar-refractivity contribution in [3.63, 3.8) is 0 Å². The van der Waals surface area contributed by atoms with Crippen LogP contribution in [0.2, 0.25) is 0 Å². The molecule has 0 fully saturated rings. The molecular formula is C15H15ClN2S. The van der Waals surface area contributed by atoms with Crippen LogP contribution in [-0.2, 0) is 5.88 Å². The molecule has 2 aromatic heterocycles. The summed E-state index contributed by atoms with van der Waals surface area (Å²) in [7, 11) is 0. The van der Waals surface area contributed by atoms with E-state index < -0.39 is 0 Å². The third-order valence-corrected chi connectivity index (χ3v) is 4.38. The zero-order valence-corrected chi connectivity index (χ0v) is 12.5. The Morgan fingerprint density at radius 2 is 2.00 bits per heavy atom. The summed E-state index contributed by atoms with van der Waals surface area (Å²) in [6.45, 7) is 4.42. The summed E-state index contributed by atoms with van der Waals surface area (Å²) in [5, 5.41) is 2.14. The van der Waals surface area contributed by atoms with Gasteiger partial charge in [-0.15, -0.1) is 22.9 Å². The van der Waals surface area contributed by atoms with Crippen LogP contribution in [0.15, 0.2) is 35.8 Å². The highest BCUT2D eigenvalue weighted by Gasteiger charge is 2.09. The Labute approximate surface area is 121 Å². The first-order chi connectivity index (χ1) is 9.19. The Morgan fingerprint density at radius 1 is 1.26 bits per heavy atom. The molecular weight excluding hydrogens is 276 g/mol. The number of hydrogen-bond acceptors (Lipinski definition) is 2. The molecule has 3 aromatic rings. The molecule has 2 nitrogen and oxygen atoms in total. The molecule has 3 rings (SSSR count). The van der Waals surface area contributed by atoms with E-state index in [1.165, 1.54) is 16.8 Å². The fourth-order valence-electron chi connectivity index (χ4n) is 2.14. The molecule has 0 aliphatic heterocycles. The standard InChI is InChI=1S/C15H15ClN2S/c1-10(2)11-3-5-12(6-4-11)14-9-19-15-17-13(7-16)8-18(14)15/h3-6,8-10H,7H2,1-2H3. The number of imidazole rings is 1. The fraction of sp³-hybridized carbons (Fsp3) is 0.267. The SMILES string of the molecule is CC(C)c1ccc(-c2csc3nc(CCl)cn23)cc1. The van der Waals surface area contributed by atoms with Crippen molar-refractivity contribution < 1.29 is 0 Å². The minimum Gasteiger partial charge on any atom is -0.290 e. The quantitative estimate of drug-likeness (QED) is 0.626. The third-order valence-electron chi connectivity index (χ3n) is 3.27. The van der Waals surface area contributed by atoms with Crippen LogP contribution in [0.4, 0.5) is 0 Å². The molecule has 0 aliphatic rings. The molecule has 98 valence electrons. The van der Waals surface area contributed by atoms with Gasteiger partial charge in [0, 0.05) is 11.6 Å². The van der Waals surface area contributed by atoms with E-state index in [0.29, 0.717) is 11.8 Å². The molecule has 0 spiro atoms. The van der Waals surface area contributed by atoms with Gasteiger partial charge >= 0.3 is 0 Å². The summed E-state index contributed by atoms with van der Waals surface area (Å²) in [6.07, 6.45) is 2.02. The third kappa shape index (κ3) is 2.28. The molecule has 0 amide bonds. The Hall–Kier alpha value is -1.32. The minimum atomic E-state index is 0.458. The summed E-state index contributed by atoms with van der Waals surface area (Å²) in [4.78, 5) is 5.47. The molecule has 2 heterocycles. The van der Waals surface area contributed by atoms with Gasteiger partial charge in [-0.05, 0) is 17.0 Å². The number of benzene rings is 1. The second kappa shape index (κ2) is 4.99. The average Bonchev–Trinajstić information content (AvgIpc) is 2.98. The van der Waals surface area contributed by atoms with Crippen LogP contribution in [0.25, 0.3) is 16.2 Å². The van der Waals surface area contributed by atoms with E-state index in [4.69, 9.17) is 11.6 Å².